The van der Waals surface area contributed by atoms with Gasteiger partial charge in [-0.3, -0.25) is 0 Å². The molecule has 0 radical (unpaired) electrons. The first kappa shape index (κ1) is 7.69. The maximum absolute atomic E-state index is 4.70. The average Bonchev–Trinajstić information content (AvgIpc) is 1.86. The van der Waals surface area contributed by atoms with E-state index in [0.717, 1.165) is 18.2 Å². The first-order valence-corrected chi connectivity index (χ1v) is 2.32. The monoisotopic (exact) mass is 126 g/mol. The van der Waals surface area contributed by atoms with Gasteiger partial charge in [0.25, 0.3) is 0 Å². The smallest absolute Gasteiger partial charge is 1.00 e. The minimum Gasteiger partial charge on any atom is -1.00 e. The van der Waals surface area contributed by atoms with Crippen molar-refractivity contribution in [1.82, 2.24) is 10.6 Å². The van der Waals surface area contributed by atoms with Crippen LogP contribution in [0.4, 0.5) is 0 Å². The van der Waals surface area contributed by atoms with Crippen LogP contribution in [0, 0.1) is 0 Å². The summed E-state index contributed by atoms with van der Waals surface area (Å²) >= 11 is 4.70. The summed E-state index contributed by atoms with van der Waals surface area (Å²) in [7, 11) is 0. The third kappa shape index (κ3) is 2.49. The van der Waals surface area contributed by atoms with Crippen LogP contribution in [0.1, 0.15) is 1.43 Å². The van der Waals surface area contributed by atoms with Crippen molar-refractivity contribution in [3.8, 4) is 0 Å². The van der Waals surface area contributed by atoms with E-state index in [2.05, 4.69) is 10.6 Å². The number of rotatable bonds is 0. The molecule has 0 aliphatic carbocycles. The first-order chi connectivity index (χ1) is 2.89. The Hall–Kier alpha value is 0.690. The van der Waals surface area contributed by atoms with E-state index in [1.54, 1.807) is 0 Å². The molecule has 0 spiro atoms. The topological polar surface area (TPSA) is 24.1 Å². The standard InChI is InChI=1S/C3H6N2S.Na.H/c6-3-4-1-2-5-3;;/h1-2H2,(H2,4,5,6);;/q;+1;-1. The van der Waals surface area contributed by atoms with Gasteiger partial charge in [-0.25, -0.2) is 0 Å². The summed E-state index contributed by atoms with van der Waals surface area (Å²) in [5, 5.41) is 6.67. The van der Waals surface area contributed by atoms with Gasteiger partial charge in [-0.05, 0) is 12.2 Å². The molecule has 4 heteroatoms. The SMILES string of the molecule is S=C1NCCN1.[H-].[Na+]. The van der Waals surface area contributed by atoms with Crippen LogP contribution in [-0.4, -0.2) is 18.2 Å². The van der Waals surface area contributed by atoms with Gasteiger partial charge in [-0.2, -0.15) is 0 Å². The maximum Gasteiger partial charge on any atom is 1.00 e. The van der Waals surface area contributed by atoms with E-state index in [9.17, 15) is 0 Å². The molecule has 1 aliphatic heterocycles. The molecule has 0 aromatic rings. The molecule has 7 heavy (non-hydrogen) atoms. The van der Waals surface area contributed by atoms with Crippen LogP contribution in [0.5, 0.6) is 0 Å². The fraction of sp³-hybridized carbons (Fsp3) is 0.667. The van der Waals surface area contributed by atoms with Crippen LogP contribution in [0.15, 0.2) is 0 Å². The molecule has 0 atom stereocenters. The quantitative estimate of drug-likeness (QED) is 0.261. The molecule has 0 aromatic carbocycles. The summed E-state index contributed by atoms with van der Waals surface area (Å²) in [5.41, 5.74) is 0. The Morgan fingerprint density at radius 2 is 1.86 bits per heavy atom. The molecule has 0 aromatic heterocycles. The normalized spacial score (nSPS) is 16.9. The van der Waals surface area contributed by atoms with Gasteiger partial charge < -0.3 is 12.1 Å². The zero-order valence-electron chi connectivity index (χ0n) is 5.32. The third-order valence-electron chi connectivity index (χ3n) is 0.696. The van der Waals surface area contributed by atoms with Crippen LogP contribution in [0.2, 0.25) is 0 Å². The second kappa shape index (κ2) is 3.66. The zero-order chi connectivity index (χ0) is 4.41. The van der Waals surface area contributed by atoms with E-state index in [0.29, 0.717) is 0 Å². The van der Waals surface area contributed by atoms with Gasteiger partial charge in [0, 0.05) is 13.1 Å². The van der Waals surface area contributed by atoms with Crippen molar-refractivity contribution in [2.45, 2.75) is 0 Å². The summed E-state index contributed by atoms with van der Waals surface area (Å²) in [5.74, 6) is 0. The number of hydrogen-bond acceptors (Lipinski definition) is 1. The molecule has 1 aliphatic rings. The second-order valence-corrected chi connectivity index (χ2v) is 1.59. The van der Waals surface area contributed by atoms with Crippen LogP contribution in [-0.2, 0) is 0 Å². The van der Waals surface area contributed by atoms with Gasteiger partial charge in [-0.1, -0.05) is 0 Å². The van der Waals surface area contributed by atoms with Gasteiger partial charge >= 0.3 is 29.6 Å². The van der Waals surface area contributed by atoms with Crippen LogP contribution < -0.4 is 40.2 Å². The van der Waals surface area contributed by atoms with Crippen molar-refractivity contribution in [1.29, 1.82) is 0 Å². The molecular formula is C3H7N2NaS. The molecular weight excluding hydrogens is 119 g/mol. The summed E-state index contributed by atoms with van der Waals surface area (Å²) in [6.45, 7) is 1.97. The Balaban J connectivity index is 0. The third-order valence-corrected chi connectivity index (χ3v) is 0.985. The fourth-order valence-electron chi connectivity index (χ4n) is 0.415. The van der Waals surface area contributed by atoms with Gasteiger partial charge in [-0.15, -0.1) is 0 Å². The van der Waals surface area contributed by atoms with E-state index in [1.807, 2.05) is 0 Å². The molecule has 0 bridgehead atoms. The minimum atomic E-state index is 0. The Kier molecular flexibility index (Phi) is 4.02. The molecule has 2 nitrogen and oxygen atoms in total. The number of nitrogens with one attached hydrogen (secondary N) is 2. The first-order valence-electron chi connectivity index (χ1n) is 1.91. The fourth-order valence-corrected chi connectivity index (χ4v) is 0.619. The zero-order valence-corrected chi connectivity index (χ0v) is 7.14. The van der Waals surface area contributed by atoms with Gasteiger partial charge in [0.2, 0.25) is 0 Å². The van der Waals surface area contributed by atoms with E-state index in [1.165, 1.54) is 0 Å². The van der Waals surface area contributed by atoms with Gasteiger partial charge in [0.1, 0.15) is 0 Å². The number of hydrogen-bond donors (Lipinski definition) is 2. The second-order valence-electron chi connectivity index (χ2n) is 1.18. The van der Waals surface area contributed by atoms with Gasteiger partial charge in [0.15, 0.2) is 5.11 Å². The van der Waals surface area contributed by atoms with Crippen LogP contribution >= 0.6 is 12.2 Å². The van der Waals surface area contributed by atoms with E-state index in [-0.39, 0.29) is 31.0 Å². The molecule has 2 N–H and O–H groups in total. The molecule has 0 saturated carbocycles. The van der Waals surface area contributed by atoms with Crippen molar-refractivity contribution in [3.63, 3.8) is 0 Å². The van der Waals surface area contributed by atoms with E-state index < -0.39 is 0 Å². The van der Waals surface area contributed by atoms with E-state index >= 15 is 0 Å². The van der Waals surface area contributed by atoms with Crippen molar-refractivity contribution in [2.24, 2.45) is 0 Å². The minimum absolute atomic E-state index is 0. The van der Waals surface area contributed by atoms with E-state index in [4.69, 9.17) is 12.2 Å². The molecule has 1 rings (SSSR count). The molecule has 1 saturated heterocycles. The Morgan fingerprint density at radius 3 is 2.00 bits per heavy atom. The van der Waals surface area contributed by atoms with Crippen molar-refractivity contribution in [3.05, 3.63) is 0 Å². The Morgan fingerprint density at radius 1 is 1.43 bits per heavy atom. The molecule has 0 amide bonds. The van der Waals surface area contributed by atoms with Crippen molar-refractivity contribution >= 4 is 17.3 Å². The van der Waals surface area contributed by atoms with Crippen molar-refractivity contribution in [2.75, 3.05) is 13.1 Å². The van der Waals surface area contributed by atoms with Crippen LogP contribution in [0.25, 0.3) is 0 Å². The maximum atomic E-state index is 4.70. The van der Waals surface area contributed by atoms with Crippen LogP contribution in [0.3, 0.4) is 0 Å². The molecule has 1 heterocycles. The Labute approximate surface area is 71.8 Å². The molecule has 1 fully saturated rings. The summed E-state index contributed by atoms with van der Waals surface area (Å²) in [6, 6.07) is 0. The van der Waals surface area contributed by atoms with Gasteiger partial charge in [0.05, 0.1) is 0 Å². The average molecular weight is 126 g/mol. The molecule has 36 valence electrons. The Bertz CT molecular complexity index is 71.7. The summed E-state index contributed by atoms with van der Waals surface area (Å²) in [4.78, 5) is 0. The predicted molar refractivity (Wildman–Crippen MR) is 29.7 cm³/mol. The van der Waals surface area contributed by atoms with Crippen molar-refractivity contribution < 1.29 is 31.0 Å². The predicted octanol–water partition coefficient (Wildman–Crippen LogP) is -3.42. The molecule has 0 unspecified atom stereocenters. The largest absolute Gasteiger partial charge is 1.00 e. The summed E-state index contributed by atoms with van der Waals surface area (Å²) in [6.07, 6.45) is 0. The summed E-state index contributed by atoms with van der Waals surface area (Å²) < 4.78 is 0. The number of thiocarbonyl (C=S) groups is 1.